The molecule has 116 valence electrons. The molecule has 0 radical (unpaired) electrons. The fourth-order valence-electron chi connectivity index (χ4n) is 1.72. The number of aryl methyl sites for hydroxylation is 1. The molecule has 1 heterocycles. The maximum Gasteiger partial charge on any atom is 0.337 e. The minimum atomic E-state index is -3.81. The lowest BCUT2D eigenvalue weighted by Gasteiger charge is -2.10. The smallest absolute Gasteiger partial charge is 0.337 e. The molecule has 6 nitrogen and oxygen atoms in total. The number of methoxy groups -OCH3 is 1. The first-order chi connectivity index (χ1) is 10.3. The minimum Gasteiger partial charge on any atom is -0.465 e. The van der Waals surface area contributed by atoms with Crippen molar-refractivity contribution in [2.24, 2.45) is 0 Å². The molecule has 1 N–H and O–H groups in total. The molecular formula is C14H13ClN2O4S. The van der Waals surface area contributed by atoms with Crippen LogP contribution in [-0.4, -0.2) is 26.5 Å². The van der Waals surface area contributed by atoms with Gasteiger partial charge in [0.05, 0.1) is 22.6 Å². The molecule has 0 saturated heterocycles. The Morgan fingerprint density at radius 3 is 2.45 bits per heavy atom. The van der Waals surface area contributed by atoms with Crippen LogP contribution in [0.25, 0.3) is 0 Å². The summed E-state index contributed by atoms with van der Waals surface area (Å²) in [7, 11) is -2.55. The second-order valence-corrected chi connectivity index (χ2v) is 6.56. The van der Waals surface area contributed by atoms with Crippen LogP contribution in [0.2, 0.25) is 5.02 Å². The molecule has 0 amide bonds. The van der Waals surface area contributed by atoms with E-state index < -0.39 is 16.0 Å². The zero-order chi connectivity index (χ0) is 16.3. The van der Waals surface area contributed by atoms with Crippen molar-refractivity contribution in [3.05, 3.63) is 52.7 Å². The number of carbonyl (C=O) groups is 1. The van der Waals surface area contributed by atoms with Gasteiger partial charge in [0.2, 0.25) is 0 Å². The summed E-state index contributed by atoms with van der Waals surface area (Å²) in [5.74, 6) is -0.339. The maximum absolute atomic E-state index is 12.3. The Hall–Kier alpha value is -2.12. The number of rotatable bonds is 4. The first-order valence-corrected chi connectivity index (χ1v) is 8.03. The first-order valence-electron chi connectivity index (χ1n) is 6.17. The third kappa shape index (κ3) is 3.55. The summed E-state index contributed by atoms with van der Waals surface area (Å²) >= 11 is 5.78. The normalized spacial score (nSPS) is 11.0. The second-order valence-electron chi connectivity index (χ2n) is 4.44. The van der Waals surface area contributed by atoms with Crippen molar-refractivity contribution in [1.82, 2.24) is 4.98 Å². The van der Waals surface area contributed by atoms with Crippen molar-refractivity contribution in [2.75, 3.05) is 11.8 Å². The lowest BCUT2D eigenvalue weighted by Crippen LogP contribution is -2.15. The number of benzene rings is 1. The number of aromatic nitrogens is 1. The van der Waals surface area contributed by atoms with Crippen LogP contribution in [0.4, 0.5) is 5.82 Å². The number of nitrogens with one attached hydrogen (secondary N) is 1. The van der Waals surface area contributed by atoms with Crippen molar-refractivity contribution in [2.45, 2.75) is 11.8 Å². The second kappa shape index (κ2) is 6.33. The molecule has 22 heavy (non-hydrogen) atoms. The number of carbonyl (C=O) groups excluding carboxylic acids is 1. The molecular weight excluding hydrogens is 328 g/mol. The van der Waals surface area contributed by atoms with Crippen molar-refractivity contribution >= 4 is 33.4 Å². The number of hydrogen-bond donors (Lipinski definition) is 1. The molecule has 0 bridgehead atoms. The van der Waals surface area contributed by atoms with Gasteiger partial charge in [-0.2, -0.15) is 0 Å². The monoisotopic (exact) mass is 340 g/mol. The van der Waals surface area contributed by atoms with E-state index in [1.54, 1.807) is 13.0 Å². The number of pyridine rings is 1. The first kappa shape index (κ1) is 16.3. The average molecular weight is 341 g/mol. The Labute approximate surface area is 133 Å². The standard InChI is InChI=1S/C14H13ClN2O4S/c1-9-7-11(15)8-16-13(9)17-22(19,20)12-5-3-10(4-6-12)14(18)21-2/h3-8H,1-2H3,(H,16,17). The molecule has 1 aromatic carbocycles. The number of esters is 1. The predicted molar refractivity (Wildman–Crippen MR) is 82.6 cm³/mol. The van der Waals surface area contributed by atoms with E-state index in [-0.39, 0.29) is 16.3 Å². The molecule has 2 aromatic rings. The van der Waals surface area contributed by atoms with Gasteiger partial charge in [-0.15, -0.1) is 0 Å². The lowest BCUT2D eigenvalue weighted by molar-refractivity contribution is 0.0600. The molecule has 0 aliphatic rings. The van der Waals surface area contributed by atoms with E-state index in [1.807, 2.05) is 0 Å². The Balaban J connectivity index is 2.28. The van der Waals surface area contributed by atoms with Crippen LogP contribution in [-0.2, 0) is 14.8 Å². The molecule has 0 spiro atoms. The summed E-state index contributed by atoms with van der Waals surface area (Å²) in [6.07, 6.45) is 1.35. The number of halogens is 1. The summed E-state index contributed by atoms with van der Waals surface area (Å²) in [4.78, 5) is 15.3. The van der Waals surface area contributed by atoms with E-state index in [9.17, 15) is 13.2 Å². The molecule has 2 rings (SSSR count). The Bertz CT molecular complexity index is 804. The highest BCUT2D eigenvalue weighted by Crippen LogP contribution is 2.20. The average Bonchev–Trinajstić information content (AvgIpc) is 2.49. The van der Waals surface area contributed by atoms with Crippen LogP contribution < -0.4 is 4.72 Å². The van der Waals surface area contributed by atoms with Gasteiger partial charge < -0.3 is 4.74 Å². The van der Waals surface area contributed by atoms with Gasteiger partial charge in [0.1, 0.15) is 5.82 Å². The Kier molecular flexibility index (Phi) is 4.68. The molecule has 1 aromatic heterocycles. The number of nitrogens with zero attached hydrogens (tertiary/aromatic N) is 1. The topological polar surface area (TPSA) is 85.4 Å². The van der Waals surface area contributed by atoms with Crippen LogP contribution in [0.3, 0.4) is 0 Å². The van der Waals surface area contributed by atoms with E-state index >= 15 is 0 Å². The van der Waals surface area contributed by atoms with Crippen molar-refractivity contribution in [1.29, 1.82) is 0 Å². The van der Waals surface area contributed by atoms with Crippen LogP contribution in [0, 0.1) is 6.92 Å². The Morgan fingerprint density at radius 1 is 1.27 bits per heavy atom. The van der Waals surface area contributed by atoms with E-state index in [1.165, 1.54) is 37.6 Å². The highest BCUT2D eigenvalue weighted by Gasteiger charge is 2.17. The van der Waals surface area contributed by atoms with Gasteiger partial charge in [0.25, 0.3) is 10.0 Å². The highest BCUT2D eigenvalue weighted by atomic mass is 35.5. The van der Waals surface area contributed by atoms with E-state index in [4.69, 9.17) is 11.6 Å². The fraction of sp³-hybridized carbons (Fsp3) is 0.143. The van der Waals surface area contributed by atoms with Gasteiger partial charge in [0.15, 0.2) is 0 Å². The quantitative estimate of drug-likeness (QED) is 0.865. The zero-order valence-electron chi connectivity index (χ0n) is 11.8. The third-order valence-electron chi connectivity index (χ3n) is 2.86. The number of ether oxygens (including phenoxy) is 1. The predicted octanol–water partition coefficient (Wildman–Crippen LogP) is 2.63. The van der Waals surface area contributed by atoms with Gasteiger partial charge in [-0.3, -0.25) is 4.72 Å². The van der Waals surface area contributed by atoms with Crippen LogP contribution in [0.15, 0.2) is 41.4 Å². The van der Waals surface area contributed by atoms with Crippen LogP contribution >= 0.6 is 11.6 Å². The molecule has 0 aliphatic heterocycles. The number of sulfonamides is 1. The van der Waals surface area contributed by atoms with Crippen LogP contribution in [0.1, 0.15) is 15.9 Å². The van der Waals surface area contributed by atoms with E-state index in [0.717, 1.165) is 0 Å². The molecule has 0 saturated carbocycles. The van der Waals surface area contributed by atoms with Crippen molar-refractivity contribution in [3.8, 4) is 0 Å². The summed E-state index contributed by atoms with van der Waals surface area (Å²) in [5.41, 5.74) is 0.865. The molecule has 0 fully saturated rings. The summed E-state index contributed by atoms with van der Waals surface area (Å²) < 4.78 is 31.5. The lowest BCUT2D eigenvalue weighted by atomic mass is 10.2. The Morgan fingerprint density at radius 2 is 1.91 bits per heavy atom. The van der Waals surface area contributed by atoms with Gasteiger partial charge in [-0.1, -0.05) is 11.6 Å². The van der Waals surface area contributed by atoms with Gasteiger partial charge >= 0.3 is 5.97 Å². The SMILES string of the molecule is COC(=O)c1ccc(S(=O)(=O)Nc2ncc(Cl)cc2C)cc1. The number of hydrogen-bond acceptors (Lipinski definition) is 5. The van der Waals surface area contributed by atoms with Gasteiger partial charge in [-0.25, -0.2) is 18.2 Å². The molecule has 0 unspecified atom stereocenters. The summed E-state index contributed by atoms with van der Waals surface area (Å²) in [6, 6.07) is 7.00. The highest BCUT2D eigenvalue weighted by molar-refractivity contribution is 7.92. The van der Waals surface area contributed by atoms with Crippen molar-refractivity contribution in [3.63, 3.8) is 0 Å². The summed E-state index contributed by atoms with van der Waals surface area (Å²) in [5, 5.41) is 0.419. The fourth-order valence-corrected chi connectivity index (χ4v) is 3.01. The molecule has 0 atom stereocenters. The largest absolute Gasteiger partial charge is 0.465 e. The third-order valence-corrected chi connectivity index (χ3v) is 4.42. The van der Waals surface area contributed by atoms with Crippen molar-refractivity contribution < 1.29 is 17.9 Å². The van der Waals surface area contributed by atoms with Gasteiger partial charge in [-0.05, 0) is 42.8 Å². The summed E-state index contributed by atoms with van der Waals surface area (Å²) in [6.45, 7) is 1.69. The van der Waals surface area contributed by atoms with Gasteiger partial charge in [0, 0.05) is 6.20 Å². The maximum atomic E-state index is 12.3. The van der Waals surface area contributed by atoms with Crippen LogP contribution in [0.5, 0.6) is 0 Å². The molecule has 8 heteroatoms. The zero-order valence-corrected chi connectivity index (χ0v) is 13.4. The molecule has 0 aliphatic carbocycles. The minimum absolute atomic E-state index is 0.0105. The number of anilines is 1. The van der Waals surface area contributed by atoms with E-state index in [2.05, 4.69) is 14.4 Å². The van der Waals surface area contributed by atoms with E-state index in [0.29, 0.717) is 10.6 Å².